The van der Waals surface area contributed by atoms with E-state index in [4.69, 9.17) is 10.4 Å². The first kappa shape index (κ1) is 11.4. The summed E-state index contributed by atoms with van der Waals surface area (Å²) >= 11 is 1.26. The van der Waals surface area contributed by atoms with Crippen molar-refractivity contribution in [2.75, 3.05) is 0 Å². The van der Waals surface area contributed by atoms with E-state index in [9.17, 15) is 4.79 Å². The molecule has 0 amide bonds. The van der Waals surface area contributed by atoms with Crippen LogP contribution in [-0.2, 0) is 0 Å². The minimum Gasteiger partial charge on any atom is -0.477 e. The minimum absolute atomic E-state index is 0.334. The summed E-state index contributed by atoms with van der Waals surface area (Å²) in [5.41, 5.74) is 0.946. The van der Waals surface area contributed by atoms with Crippen molar-refractivity contribution < 1.29 is 9.90 Å². The molecule has 1 heterocycles. The molecule has 84 valence electrons. The fourth-order valence-electron chi connectivity index (χ4n) is 1.57. The zero-order valence-corrected chi connectivity index (χ0v) is 9.70. The van der Waals surface area contributed by atoms with E-state index in [0.717, 1.165) is 15.6 Å². The van der Waals surface area contributed by atoms with E-state index in [-0.39, 0.29) is 0 Å². The van der Waals surface area contributed by atoms with E-state index in [0.29, 0.717) is 11.3 Å². The van der Waals surface area contributed by atoms with Crippen molar-refractivity contribution in [3.8, 4) is 6.07 Å². The number of carboxylic acids is 1. The molecular weight excluding hydrogens is 234 g/mol. The van der Waals surface area contributed by atoms with E-state index in [1.54, 1.807) is 12.1 Å². The highest BCUT2D eigenvalue weighted by Crippen LogP contribution is 2.29. The van der Waals surface area contributed by atoms with Crippen LogP contribution in [0, 0.1) is 11.3 Å². The van der Waals surface area contributed by atoms with Crippen LogP contribution in [0.2, 0.25) is 0 Å². The molecular formula is C13H9NO2S. The number of nitrogens with zero attached hydrogens (tertiary/aromatic N) is 1. The highest BCUT2D eigenvalue weighted by Gasteiger charge is 2.09. The van der Waals surface area contributed by atoms with Crippen molar-refractivity contribution in [3.63, 3.8) is 0 Å². The fraction of sp³-hybridized carbons (Fsp3) is 0.0769. The third-order valence-corrected chi connectivity index (χ3v) is 3.40. The Balaban J connectivity index is 2.50. The summed E-state index contributed by atoms with van der Waals surface area (Å²) in [7, 11) is 0. The molecule has 1 aromatic heterocycles. The molecule has 0 aliphatic heterocycles. The van der Waals surface area contributed by atoms with Crippen LogP contribution in [-0.4, -0.2) is 11.1 Å². The molecule has 0 saturated heterocycles. The minimum atomic E-state index is -0.904. The van der Waals surface area contributed by atoms with E-state index in [2.05, 4.69) is 0 Å². The third kappa shape index (κ3) is 2.35. The summed E-state index contributed by atoms with van der Waals surface area (Å²) in [5.74, 6) is -0.904. The average molecular weight is 243 g/mol. The van der Waals surface area contributed by atoms with Gasteiger partial charge in [0.15, 0.2) is 0 Å². The zero-order valence-electron chi connectivity index (χ0n) is 8.88. The van der Waals surface area contributed by atoms with Gasteiger partial charge < -0.3 is 5.11 Å². The van der Waals surface area contributed by atoms with Crippen molar-refractivity contribution >= 4 is 33.5 Å². The third-order valence-electron chi connectivity index (χ3n) is 2.31. The fourth-order valence-corrected chi connectivity index (χ4v) is 2.51. The van der Waals surface area contributed by atoms with E-state index in [1.807, 2.05) is 30.3 Å². The number of carbonyl (C=O) groups is 1. The van der Waals surface area contributed by atoms with E-state index < -0.39 is 5.97 Å². The highest BCUT2D eigenvalue weighted by atomic mass is 32.1. The Labute approximate surface area is 102 Å². The van der Waals surface area contributed by atoms with Crippen molar-refractivity contribution in [2.45, 2.75) is 6.42 Å². The first-order valence-electron chi connectivity index (χ1n) is 5.01. The van der Waals surface area contributed by atoms with Crippen molar-refractivity contribution in [1.82, 2.24) is 0 Å². The Morgan fingerprint density at radius 1 is 1.53 bits per heavy atom. The number of allylic oxidation sites excluding steroid dienone is 1. The van der Waals surface area contributed by atoms with E-state index >= 15 is 0 Å². The number of thiophene rings is 1. The summed E-state index contributed by atoms with van der Waals surface area (Å²) in [5, 5.41) is 18.3. The number of carboxylic acid groups (broad SMARTS) is 1. The number of aromatic carboxylic acids is 1. The lowest BCUT2D eigenvalue weighted by atomic mass is 10.1. The molecule has 3 nitrogen and oxygen atoms in total. The van der Waals surface area contributed by atoms with Gasteiger partial charge in [-0.2, -0.15) is 5.26 Å². The molecule has 0 aliphatic rings. The van der Waals surface area contributed by atoms with Crippen LogP contribution in [0.4, 0.5) is 0 Å². The smallest absolute Gasteiger partial charge is 0.345 e. The largest absolute Gasteiger partial charge is 0.477 e. The van der Waals surface area contributed by atoms with Crippen molar-refractivity contribution in [1.29, 1.82) is 5.26 Å². The second-order valence-corrected chi connectivity index (χ2v) is 4.52. The molecule has 0 aliphatic carbocycles. The van der Waals surface area contributed by atoms with Crippen LogP contribution in [0.3, 0.4) is 0 Å². The van der Waals surface area contributed by atoms with Crippen molar-refractivity contribution in [3.05, 3.63) is 40.8 Å². The summed E-state index contributed by atoms with van der Waals surface area (Å²) in [6, 6.07) is 9.40. The number of rotatable bonds is 3. The van der Waals surface area contributed by atoms with Crippen LogP contribution in [0.25, 0.3) is 16.2 Å². The lowest BCUT2D eigenvalue weighted by Gasteiger charge is -1.94. The molecule has 0 spiro atoms. The maximum Gasteiger partial charge on any atom is 0.345 e. The normalized spacial score (nSPS) is 10.8. The number of benzene rings is 1. The summed E-state index contributed by atoms with van der Waals surface area (Å²) in [6.07, 6.45) is 3.98. The summed E-state index contributed by atoms with van der Waals surface area (Å²) in [6.45, 7) is 0. The van der Waals surface area contributed by atoms with Gasteiger partial charge in [-0.1, -0.05) is 24.3 Å². The number of fused-ring (bicyclic) bond motifs is 1. The van der Waals surface area contributed by atoms with E-state index in [1.165, 1.54) is 11.3 Å². The van der Waals surface area contributed by atoms with Crippen LogP contribution < -0.4 is 0 Å². The molecule has 2 rings (SSSR count). The first-order valence-corrected chi connectivity index (χ1v) is 5.83. The number of hydrogen-bond donors (Lipinski definition) is 1. The van der Waals surface area contributed by atoms with Gasteiger partial charge in [0.25, 0.3) is 0 Å². The number of nitriles is 1. The molecule has 4 heteroatoms. The Morgan fingerprint density at radius 3 is 3.06 bits per heavy atom. The van der Waals surface area contributed by atoms with Crippen LogP contribution in [0.5, 0.6) is 0 Å². The molecule has 2 aromatic rings. The molecule has 0 fully saturated rings. The molecule has 1 N–H and O–H groups in total. The quantitative estimate of drug-likeness (QED) is 0.897. The van der Waals surface area contributed by atoms with Gasteiger partial charge in [-0.25, -0.2) is 4.79 Å². The second kappa shape index (κ2) is 4.81. The predicted molar refractivity (Wildman–Crippen MR) is 68.0 cm³/mol. The molecule has 17 heavy (non-hydrogen) atoms. The van der Waals surface area contributed by atoms with Crippen molar-refractivity contribution in [2.24, 2.45) is 0 Å². The van der Waals surface area contributed by atoms with Crippen LogP contribution >= 0.6 is 11.3 Å². The van der Waals surface area contributed by atoms with Gasteiger partial charge in [-0.15, -0.1) is 11.3 Å². The molecule has 0 bridgehead atoms. The first-order chi connectivity index (χ1) is 8.22. The van der Waals surface area contributed by atoms with Gasteiger partial charge in [-0.3, -0.25) is 0 Å². The maximum absolute atomic E-state index is 10.9. The Kier molecular flexibility index (Phi) is 3.22. The Hall–Kier alpha value is -2.12. The molecule has 0 unspecified atom stereocenters. The summed E-state index contributed by atoms with van der Waals surface area (Å²) in [4.78, 5) is 11.2. The standard InChI is InChI=1S/C13H9NO2S/c14-7-2-1-4-9-5-3-6-11-10(9)8-12(17-11)13(15)16/h1,3-6,8H,2H2,(H,15,16). The maximum atomic E-state index is 10.9. The molecule has 0 atom stereocenters. The van der Waals surface area contributed by atoms with Gasteiger partial charge in [0.05, 0.1) is 12.5 Å². The lowest BCUT2D eigenvalue weighted by Crippen LogP contribution is -1.89. The van der Waals surface area contributed by atoms with Gasteiger partial charge in [0, 0.05) is 10.1 Å². The molecule has 1 aromatic carbocycles. The zero-order chi connectivity index (χ0) is 12.3. The summed E-state index contributed by atoms with van der Waals surface area (Å²) < 4.78 is 0.946. The Bertz CT molecular complexity index is 634. The monoisotopic (exact) mass is 243 g/mol. The SMILES string of the molecule is N#CCC=Cc1cccc2sc(C(=O)O)cc12. The molecule has 0 saturated carbocycles. The van der Waals surface area contributed by atoms with Gasteiger partial charge in [0.1, 0.15) is 4.88 Å². The second-order valence-electron chi connectivity index (χ2n) is 3.44. The van der Waals surface area contributed by atoms with Gasteiger partial charge in [0.2, 0.25) is 0 Å². The topological polar surface area (TPSA) is 61.1 Å². The van der Waals surface area contributed by atoms with Crippen LogP contribution in [0.1, 0.15) is 21.7 Å². The molecule has 0 radical (unpaired) electrons. The number of hydrogen-bond acceptors (Lipinski definition) is 3. The van der Waals surface area contributed by atoms with Gasteiger partial charge in [-0.05, 0) is 17.7 Å². The Morgan fingerprint density at radius 2 is 2.35 bits per heavy atom. The van der Waals surface area contributed by atoms with Crippen LogP contribution in [0.15, 0.2) is 30.3 Å². The predicted octanol–water partition coefficient (Wildman–Crippen LogP) is 3.53. The van der Waals surface area contributed by atoms with Gasteiger partial charge >= 0.3 is 5.97 Å². The lowest BCUT2D eigenvalue weighted by molar-refractivity contribution is 0.0702. The highest BCUT2D eigenvalue weighted by molar-refractivity contribution is 7.20. The average Bonchev–Trinajstić information content (AvgIpc) is 2.74.